The third kappa shape index (κ3) is 7.85. The molecule has 15 heteroatoms. The number of aryl methyl sites for hydroxylation is 1. The van der Waals surface area contributed by atoms with Crippen LogP contribution in [0.3, 0.4) is 0 Å². The Morgan fingerprint density at radius 3 is 2.64 bits per heavy atom. The largest absolute Gasteiger partial charge is 0.462 e. The van der Waals surface area contributed by atoms with Gasteiger partial charge in [0.1, 0.15) is 6.04 Å². The molecule has 326 valence electrons. The van der Waals surface area contributed by atoms with Crippen molar-refractivity contribution in [1.82, 2.24) is 35.2 Å². The number of fused-ring (bicyclic) bond motifs is 8. The molecular weight excluding hydrogens is 793 g/mol. The van der Waals surface area contributed by atoms with E-state index in [4.69, 9.17) is 19.4 Å². The highest BCUT2D eigenvalue weighted by Crippen LogP contribution is 2.44. The lowest BCUT2D eigenvalue weighted by molar-refractivity contribution is -0.189. The van der Waals surface area contributed by atoms with Gasteiger partial charge in [0.15, 0.2) is 0 Å². The summed E-state index contributed by atoms with van der Waals surface area (Å²) in [6.45, 7) is 13.2. The number of anilines is 1. The molecule has 2 amide bonds. The van der Waals surface area contributed by atoms with E-state index in [0.29, 0.717) is 36.5 Å². The van der Waals surface area contributed by atoms with Gasteiger partial charge in [-0.1, -0.05) is 26.8 Å². The van der Waals surface area contributed by atoms with Crippen molar-refractivity contribution in [3.63, 3.8) is 0 Å². The van der Waals surface area contributed by atoms with Crippen molar-refractivity contribution in [3.05, 3.63) is 52.1 Å². The van der Waals surface area contributed by atoms with Gasteiger partial charge < -0.3 is 29.4 Å². The molecule has 3 N–H and O–H groups in total. The van der Waals surface area contributed by atoms with E-state index in [1.54, 1.807) is 7.11 Å². The number of thiazole rings is 1. The van der Waals surface area contributed by atoms with Crippen molar-refractivity contribution in [2.24, 2.45) is 17.3 Å². The predicted molar refractivity (Wildman–Crippen MR) is 235 cm³/mol. The molecule has 8 bridgehead atoms. The smallest absolute Gasteiger partial charge is 0.355 e. The van der Waals surface area contributed by atoms with Crippen LogP contribution in [0.25, 0.3) is 33.4 Å². The average molecular weight is 853 g/mol. The number of carbonyl (C=O) groups is 3. The SMILES string of the molecule is CCn1c(-c2cc(N3CC4CCC(C3)N4C)cnc2[C@H](C)OC)c2c3cc(ccc31)-c1csc(n1)C[C@H](NC(=O)[C@H]1C[C@@H]1C)C(=O)N1CCC[C@@](O)(N1)C(=O)OCC(C)(C)C2. The zero-order valence-electron chi connectivity index (χ0n) is 36.5. The Bertz CT molecular complexity index is 2350. The first-order chi connectivity index (χ1) is 29.2. The number of benzene rings is 1. The molecule has 14 nitrogen and oxygen atoms in total. The number of rotatable bonds is 7. The fraction of sp³-hybridized carbons (Fsp3) is 0.587. The van der Waals surface area contributed by atoms with Gasteiger partial charge in [0, 0.05) is 97.0 Å². The molecule has 1 aromatic carbocycles. The molecule has 7 heterocycles. The number of aromatic nitrogens is 3. The summed E-state index contributed by atoms with van der Waals surface area (Å²) in [4.78, 5) is 56.6. The van der Waals surface area contributed by atoms with Crippen LogP contribution < -0.4 is 15.6 Å². The van der Waals surface area contributed by atoms with Gasteiger partial charge >= 0.3 is 5.97 Å². The van der Waals surface area contributed by atoms with E-state index in [0.717, 1.165) is 69.9 Å². The lowest BCUT2D eigenvalue weighted by Gasteiger charge is -2.40. The van der Waals surface area contributed by atoms with Gasteiger partial charge in [0.25, 0.3) is 5.91 Å². The molecule has 0 spiro atoms. The Labute approximate surface area is 362 Å². The van der Waals surface area contributed by atoms with Crippen LogP contribution >= 0.6 is 11.3 Å². The minimum Gasteiger partial charge on any atom is -0.462 e. The molecule has 9 rings (SSSR count). The molecule has 2 unspecified atom stereocenters. The lowest BCUT2D eigenvalue weighted by atomic mass is 9.84. The summed E-state index contributed by atoms with van der Waals surface area (Å²) in [6, 6.07) is 8.87. The maximum absolute atomic E-state index is 14.2. The summed E-state index contributed by atoms with van der Waals surface area (Å²) in [5, 5.41) is 19.8. The van der Waals surface area contributed by atoms with E-state index in [-0.39, 0.29) is 49.8 Å². The molecule has 0 radical (unpaired) electrons. The van der Waals surface area contributed by atoms with Crippen LogP contribution in [-0.2, 0) is 43.2 Å². The Morgan fingerprint density at radius 2 is 1.93 bits per heavy atom. The molecule has 4 aliphatic heterocycles. The van der Waals surface area contributed by atoms with E-state index in [2.05, 4.69) is 77.2 Å². The van der Waals surface area contributed by atoms with Gasteiger partial charge in [0.2, 0.25) is 11.6 Å². The number of carbonyl (C=O) groups excluding carboxylic acids is 3. The molecule has 1 saturated carbocycles. The van der Waals surface area contributed by atoms with Crippen LogP contribution in [0.2, 0.25) is 0 Å². The number of nitrogens with zero attached hydrogens (tertiary/aromatic N) is 6. The number of cyclic esters (lactones) is 1. The summed E-state index contributed by atoms with van der Waals surface area (Å²) in [7, 11) is 3.97. The molecular formula is C46H60N8O6S. The number of methoxy groups -OCH3 is 1. The second-order valence-corrected chi connectivity index (χ2v) is 19.9. The van der Waals surface area contributed by atoms with Crippen LogP contribution in [0.15, 0.2) is 35.8 Å². The van der Waals surface area contributed by atoms with Gasteiger partial charge in [-0.15, -0.1) is 11.3 Å². The molecule has 4 aromatic rings. The summed E-state index contributed by atoms with van der Waals surface area (Å²) in [5.74, 6) is -1.35. The van der Waals surface area contributed by atoms with Crippen LogP contribution in [0.4, 0.5) is 5.69 Å². The highest BCUT2D eigenvalue weighted by atomic mass is 32.1. The number of ether oxygens (including phenoxy) is 2. The quantitative estimate of drug-likeness (QED) is 0.203. The minimum atomic E-state index is -2.12. The van der Waals surface area contributed by atoms with Crippen molar-refractivity contribution in [1.29, 1.82) is 0 Å². The summed E-state index contributed by atoms with van der Waals surface area (Å²) in [6.07, 6.45) is 6.03. The average Bonchev–Trinajstić information content (AvgIpc) is 3.59. The van der Waals surface area contributed by atoms with E-state index in [1.165, 1.54) is 29.2 Å². The molecule has 3 saturated heterocycles. The van der Waals surface area contributed by atoms with Gasteiger partial charge in [0.05, 0.1) is 46.7 Å². The first kappa shape index (κ1) is 41.9. The topological polar surface area (TPSA) is 154 Å². The highest BCUT2D eigenvalue weighted by molar-refractivity contribution is 7.10. The second kappa shape index (κ2) is 16.1. The Hall–Kier alpha value is -4.41. The molecule has 1 aliphatic carbocycles. The zero-order valence-corrected chi connectivity index (χ0v) is 37.3. The monoisotopic (exact) mass is 852 g/mol. The standard InChI is InChI=1S/C46H60N8O6S/c1-8-53-38-13-10-28-17-33(38)35(41(53)34-18-31(21-47-40(34)27(3)59-7)52-22-29-11-12-30(23-52)51(29)6)20-45(4,5)25-60-44(57)46(58)14-9-15-54(50-46)43(56)36(19-39-48-37(28)24-61-39)49-42(55)32-16-26(32)2/h10,13,17-18,21,24,26-27,29-30,32,36,50,58H,8-9,11-12,14-16,19-20,22-23,25H2,1-7H3,(H,49,55)/t26-,27-,29?,30?,32-,36-,46-/m0/s1. The number of likely N-dealkylation sites (N-methyl/N-ethyl adjacent to an activating group) is 1. The van der Waals surface area contributed by atoms with Crippen molar-refractivity contribution < 1.29 is 29.0 Å². The van der Waals surface area contributed by atoms with Gasteiger partial charge in [-0.3, -0.25) is 24.5 Å². The molecule has 7 atom stereocenters. The summed E-state index contributed by atoms with van der Waals surface area (Å²) >= 11 is 1.45. The van der Waals surface area contributed by atoms with Crippen LogP contribution in [0.5, 0.6) is 0 Å². The maximum Gasteiger partial charge on any atom is 0.355 e. The maximum atomic E-state index is 14.2. The third-order valence-corrected chi connectivity index (χ3v) is 14.8. The van der Waals surface area contributed by atoms with E-state index in [9.17, 15) is 19.5 Å². The number of piperazine rings is 1. The summed E-state index contributed by atoms with van der Waals surface area (Å²) < 4.78 is 14.4. The Kier molecular flexibility index (Phi) is 11.0. The van der Waals surface area contributed by atoms with Gasteiger partial charge in [-0.25, -0.2) is 9.78 Å². The number of aliphatic hydroxyl groups is 1. The number of esters is 1. The highest BCUT2D eigenvalue weighted by Gasteiger charge is 2.46. The third-order valence-electron chi connectivity index (χ3n) is 14.0. The van der Waals surface area contributed by atoms with E-state index >= 15 is 0 Å². The number of hydrogen-bond acceptors (Lipinski definition) is 12. The predicted octanol–water partition coefficient (Wildman–Crippen LogP) is 5.46. The fourth-order valence-corrected chi connectivity index (χ4v) is 11.0. The molecule has 5 aliphatic rings. The van der Waals surface area contributed by atoms with Crippen LogP contribution in [0, 0.1) is 17.3 Å². The first-order valence-electron chi connectivity index (χ1n) is 22.1. The first-order valence-corrected chi connectivity index (χ1v) is 22.9. The van der Waals surface area contributed by atoms with Gasteiger partial charge in [-0.05, 0) is 82.7 Å². The van der Waals surface area contributed by atoms with Crippen LogP contribution in [0.1, 0.15) is 89.1 Å². The minimum absolute atomic E-state index is 0.0130. The molecule has 3 aromatic heterocycles. The number of pyridine rings is 1. The summed E-state index contributed by atoms with van der Waals surface area (Å²) in [5.41, 5.74) is 8.00. The van der Waals surface area contributed by atoms with Gasteiger partial charge in [-0.2, -0.15) is 5.43 Å². The number of hydrazine groups is 1. The van der Waals surface area contributed by atoms with Crippen molar-refractivity contribution in [2.75, 3.05) is 45.3 Å². The van der Waals surface area contributed by atoms with Crippen molar-refractivity contribution >= 4 is 45.7 Å². The van der Waals surface area contributed by atoms with E-state index in [1.807, 2.05) is 25.4 Å². The Balaban J connectivity index is 1.18. The fourth-order valence-electron chi connectivity index (χ4n) is 10.1. The number of hydrogen-bond donors (Lipinski definition) is 3. The number of amides is 2. The normalized spacial score (nSPS) is 28.4. The second-order valence-electron chi connectivity index (χ2n) is 19.0. The van der Waals surface area contributed by atoms with E-state index < -0.39 is 29.1 Å². The zero-order chi connectivity index (χ0) is 43.0. The molecule has 61 heavy (non-hydrogen) atoms. The van der Waals surface area contributed by atoms with Crippen molar-refractivity contribution in [2.45, 2.75) is 116 Å². The Morgan fingerprint density at radius 1 is 1.18 bits per heavy atom. The number of nitrogens with one attached hydrogen (secondary N) is 2. The van der Waals surface area contributed by atoms with Crippen molar-refractivity contribution in [3.8, 4) is 22.5 Å². The molecule has 4 fully saturated rings. The lowest BCUT2D eigenvalue weighted by Crippen LogP contribution is -2.67. The van der Waals surface area contributed by atoms with Crippen LogP contribution in [-0.4, -0.2) is 112 Å².